The molecule has 0 spiro atoms. The zero-order valence-electron chi connectivity index (χ0n) is 19.5. The van der Waals surface area contributed by atoms with Crippen LogP contribution in [0.25, 0.3) is 22.6 Å². The van der Waals surface area contributed by atoms with Gasteiger partial charge in [-0.15, -0.1) is 0 Å². The van der Waals surface area contributed by atoms with Gasteiger partial charge in [-0.2, -0.15) is 0 Å². The van der Waals surface area contributed by atoms with Crippen LogP contribution < -0.4 is 11.2 Å². The number of aromatic carboxylic acids is 1. The Balaban J connectivity index is 1.60. The minimum atomic E-state index is -0.997. The predicted octanol–water partition coefficient (Wildman–Crippen LogP) is 4.41. The number of nitrogens with one attached hydrogen (secondary N) is 1. The third kappa shape index (κ3) is 4.45. The lowest BCUT2D eigenvalue weighted by Gasteiger charge is -2.24. The van der Waals surface area contributed by atoms with Gasteiger partial charge in [0.2, 0.25) is 0 Å². The summed E-state index contributed by atoms with van der Waals surface area (Å²) in [5, 5.41) is 9.18. The van der Waals surface area contributed by atoms with Gasteiger partial charge in [0.1, 0.15) is 11.3 Å². The molecule has 0 aliphatic heterocycles. The molecule has 180 valence electrons. The molecule has 0 bridgehead atoms. The van der Waals surface area contributed by atoms with Crippen molar-refractivity contribution in [2.45, 2.75) is 77.3 Å². The second-order valence-corrected chi connectivity index (χ2v) is 9.98. The zero-order chi connectivity index (χ0) is 23.7. The second-order valence-electron chi connectivity index (χ2n) is 9.98. The molecule has 0 atom stereocenters. The van der Waals surface area contributed by atoms with Crippen molar-refractivity contribution in [3.05, 3.63) is 50.7 Å². The molecule has 0 unspecified atom stereocenters. The SMILES string of the molecule is O=C(O)c1ccc(-c2nc3c([nH]2)c(=O)n(CC2CCCCC2)c(=O)n3CC2CCCCC2)cc1. The molecule has 8 nitrogen and oxygen atoms in total. The average molecular weight is 465 g/mol. The molecule has 2 saturated carbocycles. The van der Waals surface area contributed by atoms with Crippen molar-refractivity contribution in [2.24, 2.45) is 11.8 Å². The van der Waals surface area contributed by atoms with E-state index in [0.29, 0.717) is 47.5 Å². The Morgan fingerprint density at radius 1 is 0.882 bits per heavy atom. The Kier molecular flexibility index (Phi) is 6.39. The van der Waals surface area contributed by atoms with Gasteiger partial charge in [-0.3, -0.25) is 13.9 Å². The number of hydrogen-bond donors (Lipinski definition) is 2. The third-order valence-corrected chi connectivity index (χ3v) is 7.60. The number of H-pyrrole nitrogens is 1. The van der Waals surface area contributed by atoms with Crippen LogP contribution in [0.5, 0.6) is 0 Å². The average Bonchev–Trinajstić information content (AvgIpc) is 3.31. The van der Waals surface area contributed by atoms with E-state index >= 15 is 0 Å². The summed E-state index contributed by atoms with van der Waals surface area (Å²) >= 11 is 0. The summed E-state index contributed by atoms with van der Waals surface area (Å²) < 4.78 is 3.14. The van der Waals surface area contributed by atoms with Crippen molar-refractivity contribution in [1.29, 1.82) is 0 Å². The number of fused-ring (bicyclic) bond motifs is 1. The van der Waals surface area contributed by atoms with Crippen molar-refractivity contribution >= 4 is 17.1 Å². The van der Waals surface area contributed by atoms with Crippen LogP contribution in [0.2, 0.25) is 0 Å². The molecule has 2 heterocycles. The molecule has 0 amide bonds. The van der Waals surface area contributed by atoms with Gasteiger partial charge in [0, 0.05) is 18.7 Å². The minimum absolute atomic E-state index is 0.184. The summed E-state index contributed by atoms with van der Waals surface area (Å²) in [5.41, 5.74) is 1.04. The van der Waals surface area contributed by atoms with Crippen LogP contribution in [-0.2, 0) is 13.1 Å². The fourth-order valence-electron chi connectivity index (χ4n) is 5.66. The van der Waals surface area contributed by atoms with Gasteiger partial charge in [-0.25, -0.2) is 14.6 Å². The summed E-state index contributed by atoms with van der Waals surface area (Å²) in [6.45, 7) is 1.03. The highest BCUT2D eigenvalue weighted by Gasteiger charge is 2.24. The molecular formula is C26H32N4O4. The van der Waals surface area contributed by atoms with Gasteiger partial charge < -0.3 is 10.1 Å². The van der Waals surface area contributed by atoms with Gasteiger partial charge in [0.15, 0.2) is 5.65 Å². The molecule has 2 fully saturated rings. The van der Waals surface area contributed by atoms with Crippen LogP contribution in [0.4, 0.5) is 0 Å². The molecule has 34 heavy (non-hydrogen) atoms. The van der Waals surface area contributed by atoms with Gasteiger partial charge in [-0.05, 0) is 49.7 Å². The summed E-state index contributed by atoms with van der Waals surface area (Å²) in [5.74, 6) is 0.232. The molecule has 0 radical (unpaired) electrons. The first-order valence-corrected chi connectivity index (χ1v) is 12.6. The Morgan fingerprint density at radius 3 is 2.00 bits per heavy atom. The molecule has 2 N–H and O–H groups in total. The molecule has 2 aliphatic carbocycles. The van der Waals surface area contributed by atoms with Gasteiger partial charge >= 0.3 is 11.7 Å². The van der Waals surface area contributed by atoms with E-state index < -0.39 is 5.97 Å². The summed E-state index contributed by atoms with van der Waals surface area (Å²) in [4.78, 5) is 46.1. The van der Waals surface area contributed by atoms with E-state index in [9.17, 15) is 19.5 Å². The van der Waals surface area contributed by atoms with Crippen molar-refractivity contribution in [3.63, 3.8) is 0 Å². The van der Waals surface area contributed by atoms with Crippen LogP contribution in [0.3, 0.4) is 0 Å². The Labute approximate surface area is 197 Å². The lowest BCUT2D eigenvalue weighted by atomic mass is 9.89. The van der Waals surface area contributed by atoms with Gasteiger partial charge in [0.05, 0.1) is 5.56 Å². The number of rotatable bonds is 6. The Hall–Kier alpha value is -3.16. The van der Waals surface area contributed by atoms with Gasteiger partial charge in [0.25, 0.3) is 5.56 Å². The number of nitrogens with zero attached hydrogens (tertiary/aromatic N) is 3. The lowest BCUT2D eigenvalue weighted by Crippen LogP contribution is -2.42. The highest BCUT2D eigenvalue weighted by molar-refractivity contribution is 5.88. The molecule has 0 saturated heterocycles. The number of carboxylic acid groups (broad SMARTS) is 1. The summed E-state index contributed by atoms with van der Waals surface area (Å²) in [7, 11) is 0. The smallest absolute Gasteiger partial charge is 0.335 e. The van der Waals surface area contributed by atoms with Gasteiger partial charge in [-0.1, -0.05) is 50.7 Å². The largest absolute Gasteiger partial charge is 0.478 e. The normalized spacial score (nSPS) is 17.9. The second kappa shape index (κ2) is 9.60. The highest BCUT2D eigenvalue weighted by Crippen LogP contribution is 2.27. The maximum atomic E-state index is 13.6. The topological polar surface area (TPSA) is 110 Å². The number of carboxylic acids is 1. The molecule has 3 aromatic rings. The number of imidazole rings is 1. The maximum Gasteiger partial charge on any atom is 0.335 e. The molecule has 2 aliphatic rings. The Bertz CT molecular complexity index is 1290. The van der Waals surface area contributed by atoms with Crippen molar-refractivity contribution in [1.82, 2.24) is 19.1 Å². The lowest BCUT2D eigenvalue weighted by molar-refractivity contribution is 0.0697. The summed E-state index contributed by atoms with van der Waals surface area (Å²) in [6, 6.07) is 6.37. The first kappa shape index (κ1) is 22.6. The van der Waals surface area contributed by atoms with E-state index in [4.69, 9.17) is 0 Å². The molecule has 2 aromatic heterocycles. The van der Waals surface area contributed by atoms with E-state index in [1.165, 1.54) is 42.4 Å². The van der Waals surface area contributed by atoms with Crippen LogP contribution in [0.15, 0.2) is 33.9 Å². The van der Waals surface area contributed by atoms with Crippen molar-refractivity contribution in [3.8, 4) is 11.4 Å². The van der Waals surface area contributed by atoms with Crippen LogP contribution in [0, 0.1) is 11.8 Å². The fraction of sp³-hybridized carbons (Fsp3) is 0.538. The Morgan fingerprint density at radius 2 is 1.44 bits per heavy atom. The quantitative estimate of drug-likeness (QED) is 0.561. The summed E-state index contributed by atoms with van der Waals surface area (Å²) in [6.07, 6.45) is 11.4. The van der Waals surface area contributed by atoms with E-state index in [-0.39, 0.29) is 16.8 Å². The first-order valence-electron chi connectivity index (χ1n) is 12.6. The zero-order valence-corrected chi connectivity index (χ0v) is 19.5. The number of benzene rings is 1. The fourth-order valence-corrected chi connectivity index (χ4v) is 5.66. The maximum absolute atomic E-state index is 13.6. The van der Waals surface area contributed by atoms with E-state index in [1.54, 1.807) is 16.7 Å². The molecule has 5 rings (SSSR count). The van der Waals surface area contributed by atoms with E-state index in [2.05, 4.69) is 9.97 Å². The first-order chi connectivity index (χ1) is 16.5. The number of aromatic amines is 1. The van der Waals surface area contributed by atoms with Crippen molar-refractivity contribution in [2.75, 3.05) is 0 Å². The molecule has 1 aromatic carbocycles. The van der Waals surface area contributed by atoms with Crippen LogP contribution in [0.1, 0.15) is 74.6 Å². The van der Waals surface area contributed by atoms with Crippen LogP contribution >= 0.6 is 0 Å². The number of aromatic nitrogens is 4. The monoisotopic (exact) mass is 464 g/mol. The highest BCUT2D eigenvalue weighted by atomic mass is 16.4. The third-order valence-electron chi connectivity index (χ3n) is 7.60. The van der Waals surface area contributed by atoms with E-state index in [0.717, 1.165) is 38.5 Å². The van der Waals surface area contributed by atoms with Crippen LogP contribution in [-0.4, -0.2) is 30.2 Å². The molecule has 8 heteroatoms. The van der Waals surface area contributed by atoms with Crippen molar-refractivity contribution < 1.29 is 9.90 Å². The number of hydrogen-bond acceptors (Lipinski definition) is 4. The number of carbonyl (C=O) groups is 1. The predicted molar refractivity (Wildman–Crippen MR) is 130 cm³/mol. The minimum Gasteiger partial charge on any atom is -0.478 e. The molecular weight excluding hydrogens is 432 g/mol. The van der Waals surface area contributed by atoms with E-state index in [1.807, 2.05) is 0 Å². The standard InChI is InChI=1S/C26H32N4O4/c31-24-21-23(28-22(27-21)19-11-13-20(14-12-19)25(32)33)29(15-17-7-3-1-4-8-17)26(34)30(24)16-18-9-5-2-6-10-18/h11-14,17-18H,1-10,15-16H2,(H,27,28)(H,32,33).